The van der Waals surface area contributed by atoms with Gasteiger partial charge < -0.3 is 0 Å². The number of aromatic nitrogens is 1. The molecule has 1 amide bonds. The number of rotatable bonds is 4. The van der Waals surface area contributed by atoms with Crippen LogP contribution in [0.25, 0.3) is 0 Å². The number of hydrogen-bond donors (Lipinski definition) is 1. The first-order chi connectivity index (χ1) is 12.9. The van der Waals surface area contributed by atoms with Gasteiger partial charge >= 0.3 is 0 Å². The van der Waals surface area contributed by atoms with Gasteiger partial charge in [0.2, 0.25) is 10.0 Å². The second-order valence-corrected chi connectivity index (χ2v) is 10.7. The zero-order valence-electron chi connectivity index (χ0n) is 13.9. The molecule has 0 spiro atoms. The third-order valence-corrected chi connectivity index (χ3v) is 8.37. The number of carbonyl (C=O) groups excluding carboxylic acids is 1. The summed E-state index contributed by atoms with van der Waals surface area (Å²) in [7, 11) is -3.57. The first-order valence-electron chi connectivity index (χ1n) is 8.02. The molecule has 0 radical (unpaired) electrons. The van der Waals surface area contributed by atoms with Crippen LogP contribution >= 0.6 is 38.6 Å². The molecule has 0 fully saturated rings. The van der Waals surface area contributed by atoms with Crippen molar-refractivity contribution >= 4 is 59.7 Å². The largest absolute Gasteiger partial charge is 0.297 e. The highest BCUT2D eigenvalue weighted by atomic mass is 79.9. The summed E-state index contributed by atoms with van der Waals surface area (Å²) in [5.74, 6) is -0.199. The van der Waals surface area contributed by atoms with E-state index in [0.29, 0.717) is 23.0 Å². The summed E-state index contributed by atoms with van der Waals surface area (Å²) in [5, 5.41) is 5.14. The SMILES string of the molecule is O=C(Nc1nc2c(s1)CN(S(=O)(=O)c1ccc(Br)cc1)CC2)c1cccs1. The van der Waals surface area contributed by atoms with Crippen molar-refractivity contribution in [1.29, 1.82) is 0 Å². The van der Waals surface area contributed by atoms with Gasteiger partial charge in [0.15, 0.2) is 5.13 Å². The third kappa shape index (κ3) is 3.85. The number of fused-ring (bicyclic) bond motifs is 1. The van der Waals surface area contributed by atoms with Crippen molar-refractivity contribution in [3.05, 3.63) is 61.7 Å². The molecule has 3 aromatic rings. The minimum Gasteiger partial charge on any atom is -0.297 e. The average molecular weight is 484 g/mol. The summed E-state index contributed by atoms with van der Waals surface area (Å²) in [6.07, 6.45) is 0.524. The molecule has 1 aliphatic heterocycles. The van der Waals surface area contributed by atoms with Gasteiger partial charge in [-0.25, -0.2) is 13.4 Å². The molecule has 6 nitrogen and oxygen atoms in total. The number of thiazole rings is 1. The Morgan fingerprint density at radius 1 is 1.22 bits per heavy atom. The predicted molar refractivity (Wildman–Crippen MR) is 110 cm³/mol. The van der Waals surface area contributed by atoms with Crippen LogP contribution in [-0.2, 0) is 23.0 Å². The van der Waals surface area contributed by atoms with Crippen LogP contribution in [0.4, 0.5) is 5.13 Å². The number of sulfonamides is 1. The number of thiophene rings is 1. The molecule has 0 saturated carbocycles. The number of anilines is 1. The van der Waals surface area contributed by atoms with E-state index in [1.54, 1.807) is 30.3 Å². The molecule has 3 heterocycles. The number of nitrogens with one attached hydrogen (secondary N) is 1. The molecule has 0 saturated heterocycles. The Hall–Kier alpha value is -1.59. The van der Waals surface area contributed by atoms with Gasteiger partial charge in [0.05, 0.1) is 22.0 Å². The van der Waals surface area contributed by atoms with Gasteiger partial charge in [0.1, 0.15) is 0 Å². The molecule has 0 aliphatic carbocycles. The molecule has 0 unspecified atom stereocenters. The van der Waals surface area contributed by atoms with Gasteiger partial charge in [-0.3, -0.25) is 10.1 Å². The Morgan fingerprint density at radius 2 is 2.00 bits per heavy atom. The minimum absolute atomic E-state index is 0.199. The lowest BCUT2D eigenvalue weighted by Gasteiger charge is -2.25. The fourth-order valence-corrected chi connectivity index (χ4v) is 6.15. The van der Waals surface area contributed by atoms with E-state index in [2.05, 4.69) is 26.2 Å². The maximum Gasteiger partial charge on any atom is 0.267 e. The highest BCUT2D eigenvalue weighted by Crippen LogP contribution is 2.31. The van der Waals surface area contributed by atoms with E-state index in [1.807, 2.05) is 11.4 Å². The smallest absolute Gasteiger partial charge is 0.267 e. The number of halogens is 1. The van der Waals surface area contributed by atoms with Gasteiger partial charge in [-0.1, -0.05) is 22.0 Å². The predicted octanol–water partition coefficient (Wildman–Crippen LogP) is 3.97. The van der Waals surface area contributed by atoms with Gasteiger partial charge in [0.25, 0.3) is 5.91 Å². The zero-order chi connectivity index (χ0) is 19.0. The molecule has 0 bridgehead atoms. The number of amides is 1. The van der Waals surface area contributed by atoms with E-state index < -0.39 is 10.0 Å². The Morgan fingerprint density at radius 3 is 2.70 bits per heavy atom. The molecule has 27 heavy (non-hydrogen) atoms. The van der Waals surface area contributed by atoms with Crippen molar-refractivity contribution in [3.8, 4) is 0 Å². The fourth-order valence-electron chi connectivity index (χ4n) is 2.75. The maximum absolute atomic E-state index is 12.9. The van der Waals surface area contributed by atoms with Crippen LogP contribution in [-0.4, -0.2) is 30.2 Å². The number of benzene rings is 1. The minimum atomic E-state index is -3.57. The average Bonchev–Trinajstić information content (AvgIpc) is 3.30. The van der Waals surface area contributed by atoms with E-state index in [0.717, 1.165) is 15.0 Å². The van der Waals surface area contributed by atoms with Crippen molar-refractivity contribution in [2.45, 2.75) is 17.9 Å². The van der Waals surface area contributed by atoms with Crippen LogP contribution in [0.1, 0.15) is 20.2 Å². The van der Waals surface area contributed by atoms with Crippen molar-refractivity contribution in [1.82, 2.24) is 9.29 Å². The van der Waals surface area contributed by atoms with E-state index >= 15 is 0 Å². The standard InChI is InChI=1S/C17H14BrN3O3S3/c18-11-3-5-12(6-4-11)27(23,24)21-8-7-13-15(10-21)26-17(19-13)20-16(22)14-2-1-9-25-14/h1-6,9H,7-8,10H2,(H,19,20,22). The lowest BCUT2D eigenvalue weighted by molar-refractivity contribution is 0.103. The molecule has 10 heteroatoms. The number of nitrogens with zero attached hydrogens (tertiary/aromatic N) is 2. The first kappa shape index (κ1) is 18.8. The Bertz CT molecular complexity index is 1080. The molecule has 1 aromatic carbocycles. The summed E-state index contributed by atoms with van der Waals surface area (Å²) >= 11 is 6.01. The zero-order valence-corrected chi connectivity index (χ0v) is 17.9. The summed E-state index contributed by atoms with van der Waals surface area (Å²) < 4.78 is 28.0. The van der Waals surface area contributed by atoms with Gasteiger partial charge in [0, 0.05) is 22.3 Å². The van der Waals surface area contributed by atoms with Crippen LogP contribution in [0.5, 0.6) is 0 Å². The second-order valence-electron chi connectivity index (χ2n) is 5.86. The van der Waals surface area contributed by atoms with Crippen molar-refractivity contribution in [2.75, 3.05) is 11.9 Å². The summed E-state index contributed by atoms with van der Waals surface area (Å²) in [5.41, 5.74) is 0.851. The molecular formula is C17H14BrN3O3S3. The fraction of sp³-hybridized carbons (Fsp3) is 0.176. The van der Waals surface area contributed by atoms with Crippen molar-refractivity contribution in [3.63, 3.8) is 0 Å². The van der Waals surface area contributed by atoms with Gasteiger partial charge in [-0.05, 0) is 35.7 Å². The lowest BCUT2D eigenvalue weighted by Crippen LogP contribution is -2.35. The van der Waals surface area contributed by atoms with E-state index in [1.165, 1.54) is 27.0 Å². The second kappa shape index (κ2) is 7.44. The van der Waals surface area contributed by atoms with Gasteiger partial charge in [-0.2, -0.15) is 4.31 Å². The van der Waals surface area contributed by atoms with Crippen LogP contribution in [0, 0.1) is 0 Å². The maximum atomic E-state index is 12.9. The molecule has 4 rings (SSSR count). The Kier molecular flexibility index (Phi) is 5.17. The Balaban J connectivity index is 1.52. The van der Waals surface area contributed by atoms with Crippen molar-refractivity contribution < 1.29 is 13.2 Å². The third-order valence-electron chi connectivity index (χ3n) is 4.11. The Labute approximate surface area is 173 Å². The monoisotopic (exact) mass is 483 g/mol. The molecule has 1 aliphatic rings. The highest BCUT2D eigenvalue weighted by Gasteiger charge is 2.30. The molecule has 2 aromatic heterocycles. The molecule has 1 N–H and O–H groups in total. The van der Waals surface area contributed by atoms with Crippen LogP contribution < -0.4 is 5.32 Å². The summed E-state index contributed by atoms with van der Waals surface area (Å²) in [6, 6.07) is 10.2. The normalized spacial score (nSPS) is 14.7. The number of hydrogen-bond acceptors (Lipinski definition) is 6. The van der Waals surface area contributed by atoms with Crippen molar-refractivity contribution in [2.24, 2.45) is 0 Å². The molecule has 140 valence electrons. The quantitative estimate of drug-likeness (QED) is 0.608. The first-order valence-corrected chi connectivity index (χ1v) is 12.0. The molecular weight excluding hydrogens is 470 g/mol. The summed E-state index contributed by atoms with van der Waals surface area (Å²) in [6.45, 7) is 0.633. The van der Waals surface area contributed by atoms with E-state index in [4.69, 9.17) is 0 Å². The lowest BCUT2D eigenvalue weighted by atomic mass is 10.2. The summed E-state index contributed by atoms with van der Waals surface area (Å²) in [4.78, 5) is 18.4. The van der Waals surface area contributed by atoms with Gasteiger partial charge in [-0.15, -0.1) is 22.7 Å². The van der Waals surface area contributed by atoms with Crippen LogP contribution in [0.3, 0.4) is 0 Å². The number of carbonyl (C=O) groups is 1. The van der Waals surface area contributed by atoms with Crippen LogP contribution in [0.2, 0.25) is 0 Å². The highest BCUT2D eigenvalue weighted by molar-refractivity contribution is 9.10. The molecule has 0 atom stereocenters. The van der Waals surface area contributed by atoms with E-state index in [9.17, 15) is 13.2 Å². The van der Waals surface area contributed by atoms with Crippen LogP contribution in [0.15, 0.2) is 51.1 Å². The van der Waals surface area contributed by atoms with E-state index in [-0.39, 0.29) is 17.3 Å². The topological polar surface area (TPSA) is 79.4 Å².